The van der Waals surface area contributed by atoms with Crippen LogP contribution in [0, 0.1) is 12.8 Å². The molecule has 0 aliphatic heterocycles. The van der Waals surface area contributed by atoms with E-state index in [9.17, 15) is 8.42 Å². The monoisotopic (exact) mass is 457 g/mol. The minimum Gasteiger partial charge on any atom is -0.269 e. The molecule has 0 radical (unpaired) electrons. The number of halogens is 1. The highest BCUT2D eigenvalue weighted by Crippen LogP contribution is 2.45. The van der Waals surface area contributed by atoms with Gasteiger partial charge in [0.1, 0.15) is 5.15 Å². The first-order chi connectivity index (χ1) is 14.9. The Balaban J connectivity index is 1.24. The molecular weight excluding hydrogens is 434 g/mol. The molecule has 2 heterocycles. The summed E-state index contributed by atoms with van der Waals surface area (Å²) in [6, 6.07) is 12.6. The zero-order valence-corrected chi connectivity index (χ0v) is 18.8. The Morgan fingerprint density at radius 1 is 1.13 bits per heavy atom. The maximum Gasteiger partial charge on any atom is 0.296 e. The molecule has 2 aliphatic carbocycles. The molecule has 2 aliphatic rings. The zero-order chi connectivity index (χ0) is 21.6. The maximum absolute atomic E-state index is 12.4. The summed E-state index contributed by atoms with van der Waals surface area (Å²) in [5.74, 6) is 0.697. The third-order valence-corrected chi connectivity index (χ3v) is 7.58. The van der Waals surface area contributed by atoms with Gasteiger partial charge in [0.2, 0.25) is 0 Å². The molecule has 0 saturated heterocycles. The number of hydrogen-bond donors (Lipinski definition) is 0. The summed E-state index contributed by atoms with van der Waals surface area (Å²) in [6.45, 7) is 2.12. The van der Waals surface area contributed by atoms with Gasteiger partial charge in [0.05, 0.1) is 28.9 Å². The summed E-state index contributed by atoms with van der Waals surface area (Å²) >= 11 is 6.09. The van der Waals surface area contributed by atoms with Crippen LogP contribution < -0.4 is 0 Å². The van der Waals surface area contributed by atoms with E-state index in [1.165, 1.54) is 0 Å². The average molecular weight is 458 g/mol. The highest BCUT2D eigenvalue weighted by Gasteiger charge is 2.36. The highest BCUT2D eigenvalue weighted by atomic mass is 35.5. The van der Waals surface area contributed by atoms with Crippen LogP contribution in [-0.4, -0.2) is 29.8 Å². The predicted octanol–water partition coefficient (Wildman–Crippen LogP) is 5.14. The van der Waals surface area contributed by atoms with Gasteiger partial charge < -0.3 is 0 Å². The lowest BCUT2D eigenvalue weighted by Crippen LogP contribution is -2.31. The lowest BCUT2D eigenvalue weighted by Gasteiger charge is -2.34. The number of pyridine rings is 1. The third-order valence-electron chi connectivity index (χ3n) is 6.07. The average Bonchev–Trinajstić information content (AvgIpc) is 3.46. The van der Waals surface area contributed by atoms with Gasteiger partial charge in [-0.3, -0.25) is 8.86 Å². The van der Waals surface area contributed by atoms with Crippen LogP contribution in [-0.2, 0) is 14.3 Å². The molecule has 8 heteroatoms. The van der Waals surface area contributed by atoms with E-state index >= 15 is 0 Å². The standard InChI is InChI=1S/C23H24ClN3O3S/c1-15-5-9-19(10-6-15)31(28,29)30-14-16-11-18(12-16)27-13-20(23(26-27)17-7-8-17)21-3-2-4-22(24)25-21/h2-6,9-10,13,16-18H,7-8,11-12,14H2,1H3. The fraction of sp³-hybridized carbons (Fsp3) is 0.391. The maximum atomic E-state index is 12.4. The first-order valence-corrected chi connectivity index (χ1v) is 12.4. The zero-order valence-electron chi connectivity index (χ0n) is 17.2. The highest BCUT2D eigenvalue weighted by molar-refractivity contribution is 7.86. The Bertz CT molecular complexity index is 1200. The van der Waals surface area contributed by atoms with Crippen LogP contribution in [0.4, 0.5) is 0 Å². The SMILES string of the molecule is Cc1ccc(S(=O)(=O)OCC2CC(n3cc(-c4cccc(Cl)n4)c(C4CC4)n3)C2)cc1. The quantitative estimate of drug-likeness (QED) is 0.362. The third kappa shape index (κ3) is 4.40. The fourth-order valence-corrected chi connectivity index (χ4v) is 5.16. The molecule has 0 spiro atoms. The van der Waals surface area contributed by atoms with E-state index < -0.39 is 10.1 Å². The molecule has 162 valence electrons. The molecule has 0 N–H and O–H groups in total. The summed E-state index contributed by atoms with van der Waals surface area (Å²) in [7, 11) is -3.72. The summed E-state index contributed by atoms with van der Waals surface area (Å²) in [5, 5.41) is 5.35. The molecule has 0 amide bonds. The topological polar surface area (TPSA) is 74.1 Å². The van der Waals surface area contributed by atoms with Gasteiger partial charge in [0.25, 0.3) is 10.1 Å². The van der Waals surface area contributed by atoms with Gasteiger partial charge in [-0.25, -0.2) is 4.98 Å². The van der Waals surface area contributed by atoms with Crippen molar-refractivity contribution in [2.24, 2.45) is 5.92 Å². The van der Waals surface area contributed by atoms with Crippen molar-refractivity contribution in [3.63, 3.8) is 0 Å². The minimum atomic E-state index is -3.72. The van der Waals surface area contributed by atoms with E-state index in [-0.39, 0.29) is 23.5 Å². The Morgan fingerprint density at radius 2 is 1.87 bits per heavy atom. The van der Waals surface area contributed by atoms with Gasteiger partial charge in [-0.15, -0.1) is 0 Å². The summed E-state index contributed by atoms with van der Waals surface area (Å²) in [4.78, 5) is 4.66. The first-order valence-electron chi connectivity index (χ1n) is 10.6. The second-order valence-corrected chi connectivity index (χ2v) is 10.6. The van der Waals surface area contributed by atoms with Crippen molar-refractivity contribution in [1.82, 2.24) is 14.8 Å². The molecule has 0 atom stereocenters. The van der Waals surface area contributed by atoms with Gasteiger partial charge in [-0.2, -0.15) is 13.5 Å². The molecule has 3 aromatic rings. The van der Waals surface area contributed by atoms with Crippen LogP contribution in [0.2, 0.25) is 5.15 Å². The van der Waals surface area contributed by atoms with Crippen LogP contribution in [0.15, 0.2) is 53.6 Å². The van der Waals surface area contributed by atoms with Crippen LogP contribution in [0.1, 0.15) is 48.9 Å². The predicted molar refractivity (Wildman–Crippen MR) is 119 cm³/mol. The lowest BCUT2D eigenvalue weighted by atomic mass is 9.81. The molecule has 6 nitrogen and oxygen atoms in total. The van der Waals surface area contributed by atoms with Crippen molar-refractivity contribution in [2.45, 2.75) is 49.5 Å². The first kappa shape index (κ1) is 20.7. The van der Waals surface area contributed by atoms with Crippen LogP contribution in [0.3, 0.4) is 0 Å². The van der Waals surface area contributed by atoms with Crippen LogP contribution in [0.25, 0.3) is 11.3 Å². The molecule has 31 heavy (non-hydrogen) atoms. The normalized spacial score (nSPS) is 21.1. The Hall–Kier alpha value is -2.22. The van der Waals surface area contributed by atoms with Gasteiger partial charge in [-0.1, -0.05) is 35.4 Å². The Labute approximate surface area is 187 Å². The lowest BCUT2D eigenvalue weighted by molar-refractivity contribution is 0.120. The van der Waals surface area contributed by atoms with E-state index in [0.29, 0.717) is 11.1 Å². The van der Waals surface area contributed by atoms with Gasteiger partial charge in [-0.05, 0) is 62.8 Å². The van der Waals surface area contributed by atoms with E-state index in [1.54, 1.807) is 30.3 Å². The molecule has 2 fully saturated rings. The molecule has 0 bridgehead atoms. The van der Waals surface area contributed by atoms with Crippen molar-refractivity contribution in [3.05, 3.63) is 65.1 Å². The van der Waals surface area contributed by atoms with Gasteiger partial charge in [0.15, 0.2) is 0 Å². The summed E-state index contributed by atoms with van der Waals surface area (Å²) in [6.07, 6.45) is 6.07. The van der Waals surface area contributed by atoms with E-state index in [1.807, 2.05) is 23.7 Å². The molecule has 2 saturated carbocycles. The van der Waals surface area contributed by atoms with Crippen molar-refractivity contribution in [3.8, 4) is 11.3 Å². The van der Waals surface area contributed by atoms with Crippen molar-refractivity contribution >= 4 is 21.7 Å². The van der Waals surface area contributed by atoms with Crippen LogP contribution in [0.5, 0.6) is 0 Å². The molecule has 0 unspecified atom stereocenters. The largest absolute Gasteiger partial charge is 0.296 e. The van der Waals surface area contributed by atoms with Crippen molar-refractivity contribution < 1.29 is 12.6 Å². The number of aryl methyl sites for hydroxylation is 1. The summed E-state index contributed by atoms with van der Waals surface area (Å²) < 4.78 is 32.1. The van der Waals surface area contributed by atoms with Crippen molar-refractivity contribution in [2.75, 3.05) is 6.61 Å². The van der Waals surface area contributed by atoms with Gasteiger partial charge >= 0.3 is 0 Å². The van der Waals surface area contributed by atoms with E-state index in [4.69, 9.17) is 20.9 Å². The minimum absolute atomic E-state index is 0.201. The molecule has 1 aromatic carbocycles. The van der Waals surface area contributed by atoms with Crippen molar-refractivity contribution in [1.29, 1.82) is 0 Å². The summed E-state index contributed by atoms with van der Waals surface area (Å²) in [5.41, 5.74) is 4.00. The van der Waals surface area contributed by atoms with Gasteiger partial charge in [0, 0.05) is 17.7 Å². The second kappa shape index (κ2) is 8.04. The van der Waals surface area contributed by atoms with E-state index in [0.717, 1.165) is 48.2 Å². The molecular formula is C23H24ClN3O3S. The molecule has 5 rings (SSSR count). The Kier molecular flexibility index (Phi) is 5.36. The fourth-order valence-electron chi connectivity index (χ4n) is 4.02. The number of rotatable bonds is 7. The molecule has 2 aromatic heterocycles. The number of aromatic nitrogens is 3. The number of hydrogen-bond acceptors (Lipinski definition) is 5. The smallest absolute Gasteiger partial charge is 0.269 e. The second-order valence-electron chi connectivity index (χ2n) is 8.57. The number of benzene rings is 1. The van der Waals surface area contributed by atoms with E-state index in [2.05, 4.69) is 11.2 Å². The number of nitrogens with zero attached hydrogens (tertiary/aromatic N) is 3. The Morgan fingerprint density at radius 3 is 2.55 bits per heavy atom. The van der Waals surface area contributed by atoms with Crippen LogP contribution >= 0.6 is 11.6 Å².